The second kappa shape index (κ2) is 6.74. The Morgan fingerprint density at radius 1 is 1.38 bits per heavy atom. The molecule has 6 heteroatoms. The number of aromatic hydroxyl groups is 1. The average molecular weight is 369 g/mol. The Balaban J connectivity index is 2.30. The van der Waals surface area contributed by atoms with Crippen molar-refractivity contribution in [3.05, 3.63) is 57.2 Å². The highest BCUT2D eigenvalue weighted by Gasteiger charge is 2.17. The molecule has 0 spiro atoms. The number of hydrogen-bond acceptors (Lipinski definition) is 4. The maximum atomic E-state index is 12.2. The number of ether oxygens (including phenoxy) is 1. The summed E-state index contributed by atoms with van der Waals surface area (Å²) >= 11 is 9.04. The van der Waals surface area contributed by atoms with Crippen LogP contribution in [0.25, 0.3) is 6.08 Å². The standard InChI is InChI=1S/C15H11BrClNO3/c1-21-15-14(12(20)8-13(17)18-15)11(19)7-4-9-2-5-10(16)6-3-9/h2-8H,1H3,(H,18,20). The highest BCUT2D eigenvalue weighted by Crippen LogP contribution is 2.29. The van der Waals surface area contributed by atoms with Gasteiger partial charge in [0.15, 0.2) is 5.78 Å². The summed E-state index contributed by atoms with van der Waals surface area (Å²) in [5, 5.41) is 9.90. The molecule has 0 bridgehead atoms. The van der Waals surface area contributed by atoms with Crippen molar-refractivity contribution in [1.29, 1.82) is 0 Å². The number of allylic oxidation sites excluding steroid dienone is 1. The highest BCUT2D eigenvalue weighted by atomic mass is 79.9. The Morgan fingerprint density at radius 2 is 2.05 bits per heavy atom. The van der Waals surface area contributed by atoms with Crippen LogP contribution < -0.4 is 4.74 Å². The Bertz CT molecular complexity index is 699. The summed E-state index contributed by atoms with van der Waals surface area (Å²) in [4.78, 5) is 16.0. The summed E-state index contributed by atoms with van der Waals surface area (Å²) < 4.78 is 5.93. The van der Waals surface area contributed by atoms with E-state index in [1.807, 2.05) is 24.3 Å². The number of carbonyl (C=O) groups excluding carboxylic acids is 1. The molecule has 0 radical (unpaired) electrons. The molecular weight excluding hydrogens is 358 g/mol. The molecule has 0 saturated carbocycles. The number of pyridine rings is 1. The van der Waals surface area contributed by atoms with Gasteiger partial charge in [-0.05, 0) is 23.8 Å². The van der Waals surface area contributed by atoms with Gasteiger partial charge >= 0.3 is 0 Å². The molecule has 21 heavy (non-hydrogen) atoms. The molecule has 0 aliphatic carbocycles. The van der Waals surface area contributed by atoms with E-state index in [0.29, 0.717) is 0 Å². The number of hydrogen-bond donors (Lipinski definition) is 1. The number of carbonyl (C=O) groups is 1. The van der Waals surface area contributed by atoms with Gasteiger partial charge in [0.2, 0.25) is 5.88 Å². The van der Waals surface area contributed by atoms with E-state index in [-0.39, 0.29) is 22.3 Å². The minimum atomic E-state index is -0.420. The fourth-order valence-corrected chi connectivity index (χ4v) is 2.13. The van der Waals surface area contributed by atoms with E-state index in [2.05, 4.69) is 20.9 Å². The van der Waals surface area contributed by atoms with Crippen LogP contribution in [-0.4, -0.2) is 23.0 Å². The first-order valence-corrected chi connectivity index (χ1v) is 7.10. The molecule has 0 saturated heterocycles. The van der Waals surface area contributed by atoms with Gasteiger partial charge < -0.3 is 9.84 Å². The second-order valence-electron chi connectivity index (χ2n) is 4.10. The number of halogens is 2. The summed E-state index contributed by atoms with van der Waals surface area (Å²) in [6, 6.07) is 8.64. The molecule has 0 unspecified atom stereocenters. The van der Waals surface area contributed by atoms with E-state index in [1.165, 1.54) is 19.3 Å². The zero-order chi connectivity index (χ0) is 15.4. The number of methoxy groups -OCH3 is 1. The molecule has 108 valence electrons. The lowest BCUT2D eigenvalue weighted by Gasteiger charge is -2.07. The van der Waals surface area contributed by atoms with E-state index in [9.17, 15) is 9.90 Å². The van der Waals surface area contributed by atoms with Crippen LogP contribution >= 0.6 is 27.5 Å². The minimum Gasteiger partial charge on any atom is -0.507 e. The van der Waals surface area contributed by atoms with E-state index in [0.717, 1.165) is 10.0 Å². The van der Waals surface area contributed by atoms with Crippen LogP contribution in [0.15, 0.2) is 40.9 Å². The number of aromatic nitrogens is 1. The van der Waals surface area contributed by atoms with Crippen LogP contribution in [-0.2, 0) is 0 Å². The van der Waals surface area contributed by atoms with E-state index in [4.69, 9.17) is 16.3 Å². The second-order valence-corrected chi connectivity index (χ2v) is 5.40. The van der Waals surface area contributed by atoms with Crippen LogP contribution in [0.5, 0.6) is 11.6 Å². The number of nitrogens with zero attached hydrogens (tertiary/aromatic N) is 1. The summed E-state index contributed by atoms with van der Waals surface area (Å²) in [5.74, 6) is -0.695. The predicted octanol–water partition coefficient (Wildman–Crippen LogP) is 4.11. The van der Waals surface area contributed by atoms with Crippen molar-refractivity contribution >= 4 is 39.4 Å². The van der Waals surface area contributed by atoms with Gasteiger partial charge in [0.05, 0.1) is 7.11 Å². The Kier molecular flexibility index (Phi) is 4.98. The van der Waals surface area contributed by atoms with Crippen LogP contribution in [0.2, 0.25) is 5.15 Å². The maximum absolute atomic E-state index is 12.2. The van der Waals surface area contributed by atoms with E-state index in [1.54, 1.807) is 6.08 Å². The van der Waals surface area contributed by atoms with Crippen LogP contribution in [0.3, 0.4) is 0 Å². The van der Waals surface area contributed by atoms with Gasteiger partial charge in [-0.3, -0.25) is 4.79 Å². The van der Waals surface area contributed by atoms with E-state index >= 15 is 0 Å². The third-order valence-electron chi connectivity index (χ3n) is 2.67. The molecule has 1 aromatic carbocycles. The Morgan fingerprint density at radius 3 is 2.67 bits per heavy atom. The van der Waals surface area contributed by atoms with Crippen molar-refractivity contribution in [1.82, 2.24) is 4.98 Å². The average Bonchev–Trinajstić information content (AvgIpc) is 2.45. The summed E-state index contributed by atoms with van der Waals surface area (Å²) in [6.07, 6.45) is 2.98. The molecule has 0 amide bonds. The fourth-order valence-electron chi connectivity index (χ4n) is 1.69. The first kappa shape index (κ1) is 15.5. The molecule has 2 aromatic rings. The molecule has 4 nitrogen and oxygen atoms in total. The Labute approximate surface area is 135 Å². The molecule has 1 N–H and O–H groups in total. The van der Waals surface area contributed by atoms with Crippen LogP contribution in [0.4, 0.5) is 0 Å². The molecule has 0 atom stereocenters. The fraction of sp³-hybridized carbons (Fsp3) is 0.0667. The first-order valence-electron chi connectivity index (χ1n) is 5.92. The topological polar surface area (TPSA) is 59.4 Å². The van der Waals surface area contributed by atoms with Crippen molar-refractivity contribution in [3.8, 4) is 11.6 Å². The molecule has 0 aliphatic rings. The number of ketones is 1. The van der Waals surface area contributed by atoms with Crippen LogP contribution in [0.1, 0.15) is 15.9 Å². The quantitative estimate of drug-likeness (QED) is 0.501. The Hall–Kier alpha value is -1.85. The number of benzene rings is 1. The summed E-state index contributed by atoms with van der Waals surface area (Å²) in [5.41, 5.74) is 0.835. The number of rotatable bonds is 4. The minimum absolute atomic E-state index is 0.00884. The molecule has 0 aliphatic heterocycles. The third kappa shape index (κ3) is 3.83. The lowest BCUT2D eigenvalue weighted by molar-refractivity contribution is 0.104. The van der Waals surface area contributed by atoms with Crippen LogP contribution in [0, 0.1) is 0 Å². The van der Waals surface area contributed by atoms with Gasteiger partial charge in [0.1, 0.15) is 16.5 Å². The zero-order valence-electron chi connectivity index (χ0n) is 11.0. The van der Waals surface area contributed by atoms with Crippen molar-refractivity contribution in [3.63, 3.8) is 0 Å². The molecule has 1 aromatic heterocycles. The summed E-state index contributed by atoms with van der Waals surface area (Å²) in [6.45, 7) is 0. The van der Waals surface area contributed by atoms with Gasteiger partial charge in [-0.2, -0.15) is 0 Å². The predicted molar refractivity (Wildman–Crippen MR) is 85.0 cm³/mol. The zero-order valence-corrected chi connectivity index (χ0v) is 13.4. The molecule has 2 rings (SSSR count). The monoisotopic (exact) mass is 367 g/mol. The maximum Gasteiger partial charge on any atom is 0.229 e. The third-order valence-corrected chi connectivity index (χ3v) is 3.39. The van der Waals surface area contributed by atoms with Crippen molar-refractivity contribution in [2.75, 3.05) is 7.11 Å². The van der Waals surface area contributed by atoms with Gasteiger partial charge in [-0.25, -0.2) is 4.98 Å². The van der Waals surface area contributed by atoms with Gasteiger partial charge in [0.25, 0.3) is 0 Å². The molecule has 1 heterocycles. The highest BCUT2D eigenvalue weighted by molar-refractivity contribution is 9.10. The van der Waals surface area contributed by atoms with Crippen molar-refractivity contribution in [2.24, 2.45) is 0 Å². The lowest BCUT2D eigenvalue weighted by atomic mass is 10.1. The van der Waals surface area contributed by atoms with Gasteiger partial charge in [-0.1, -0.05) is 45.7 Å². The molecular formula is C15H11BrClNO3. The van der Waals surface area contributed by atoms with Gasteiger partial charge in [-0.15, -0.1) is 0 Å². The first-order chi connectivity index (χ1) is 10.0. The normalized spacial score (nSPS) is 10.8. The molecule has 0 fully saturated rings. The summed E-state index contributed by atoms with van der Waals surface area (Å²) in [7, 11) is 1.35. The largest absolute Gasteiger partial charge is 0.507 e. The van der Waals surface area contributed by atoms with E-state index < -0.39 is 5.78 Å². The SMILES string of the molecule is COc1nc(Cl)cc(O)c1C(=O)C=Cc1ccc(Br)cc1. The smallest absolute Gasteiger partial charge is 0.229 e. The van der Waals surface area contributed by atoms with Crippen molar-refractivity contribution < 1.29 is 14.6 Å². The van der Waals surface area contributed by atoms with Crippen molar-refractivity contribution in [2.45, 2.75) is 0 Å². The van der Waals surface area contributed by atoms with Gasteiger partial charge in [0, 0.05) is 10.5 Å². The lowest BCUT2D eigenvalue weighted by Crippen LogP contribution is -2.02.